The Labute approximate surface area is 211 Å². The maximum Gasteiger partial charge on any atom is 0.305 e. The molecule has 0 saturated heterocycles. The summed E-state index contributed by atoms with van der Waals surface area (Å²) in [5, 5.41) is 9.53. The third-order valence-electron chi connectivity index (χ3n) is 5.86. The zero-order chi connectivity index (χ0) is 25.3. The van der Waals surface area contributed by atoms with E-state index in [1.54, 1.807) is 12.1 Å². The molecule has 0 unspecified atom stereocenters. The topological polar surface area (TPSA) is 73.6 Å². The van der Waals surface area contributed by atoms with Crippen LogP contribution in [0.1, 0.15) is 31.2 Å². The molecule has 184 valence electrons. The molecule has 0 bridgehead atoms. The number of hydrogen-bond acceptors (Lipinski definition) is 5. The van der Waals surface area contributed by atoms with E-state index < -0.39 is 0 Å². The number of phenols is 1. The van der Waals surface area contributed by atoms with Crippen molar-refractivity contribution in [1.82, 2.24) is 9.55 Å². The molecule has 1 heterocycles. The van der Waals surface area contributed by atoms with Gasteiger partial charge in [-0.3, -0.25) is 4.79 Å². The third kappa shape index (κ3) is 6.42. The van der Waals surface area contributed by atoms with E-state index in [4.69, 9.17) is 9.72 Å². The number of aromatic nitrogens is 2. The van der Waals surface area contributed by atoms with Gasteiger partial charge in [0.05, 0.1) is 19.4 Å². The second-order valence-corrected chi connectivity index (χ2v) is 8.33. The Morgan fingerprint density at radius 3 is 2.19 bits per heavy atom. The summed E-state index contributed by atoms with van der Waals surface area (Å²) >= 11 is 0. The summed E-state index contributed by atoms with van der Waals surface area (Å²) in [7, 11) is 1.39. The molecule has 0 aliphatic carbocycles. The van der Waals surface area contributed by atoms with E-state index in [0.29, 0.717) is 19.4 Å². The molecule has 4 rings (SSSR count). The van der Waals surface area contributed by atoms with Gasteiger partial charge in [-0.05, 0) is 72.5 Å². The van der Waals surface area contributed by atoms with E-state index in [9.17, 15) is 9.90 Å². The molecular weight excluding hydrogens is 452 g/mol. The lowest BCUT2D eigenvalue weighted by Gasteiger charge is -2.07. The maximum absolute atomic E-state index is 11.2. The van der Waals surface area contributed by atoms with Crippen molar-refractivity contribution in [2.24, 2.45) is 0 Å². The molecule has 0 spiro atoms. The summed E-state index contributed by atoms with van der Waals surface area (Å²) in [6.07, 6.45) is 7.09. The molecule has 3 aromatic carbocycles. The monoisotopic (exact) mass is 482 g/mol. The van der Waals surface area contributed by atoms with Crippen LogP contribution in [0.5, 0.6) is 11.5 Å². The van der Waals surface area contributed by atoms with E-state index in [0.717, 1.165) is 46.1 Å². The smallest absolute Gasteiger partial charge is 0.305 e. The Kier molecular flexibility index (Phi) is 8.19. The molecule has 4 aromatic rings. The van der Waals surface area contributed by atoms with Gasteiger partial charge in [0.2, 0.25) is 0 Å². The van der Waals surface area contributed by atoms with Crippen molar-refractivity contribution < 1.29 is 19.4 Å². The van der Waals surface area contributed by atoms with Crippen molar-refractivity contribution in [3.8, 4) is 33.9 Å². The first kappa shape index (κ1) is 24.8. The van der Waals surface area contributed by atoms with Crippen LogP contribution in [0, 0.1) is 0 Å². The molecule has 0 amide bonds. The number of rotatable bonds is 10. The number of aryl methyl sites for hydroxylation is 1. The first-order chi connectivity index (χ1) is 17.6. The van der Waals surface area contributed by atoms with Gasteiger partial charge in [0.1, 0.15) is 17.3 Å². The fourth-order valence-electron chi connectivity index (χ4n) is 3.80. The van der Waals surface area contributed by atoms with E-state index in [1.165, 1.54) is 7.11 Å². The second kappa shape index (κ2) is 11.9. The van der Waals surface area contributed by atoms with Crippen LogP contribution in [-0.2, 0) is 16.1 Å². The summed E-state index contributed by atoms with van der Waals surface area (Å²) in [6.45, 7) is 3.38. The first-order valence-electron chi connectivity index (χ1n) is 12.0. The van der Waals surface area contributed by atoms with Gasteiger partial charge in [0, 0.05) is 24.7 Å². The highest BCUT2D eigenvalue weighted by Gasteiger charge is 2.07. The number of esters is 1. The van der Waals surface area contributed by atoms with Crippen molar-refractivity contribution >= 4 is 18.1 Å². The van der Waals surface area contributed by atoms with E-state index in [-0.39, 0.29) is 11.7 Å². The second-order valence-electron chi connectivity index (χ2n) is 8.33. The highest BCUT2D eigenvalue weighted by atomic mass is 16.5. The standard InChI is InChI=1S/C30H30N2O4/c1-3-32-21-28(25-11-15-26(33)16-12-25)31-29(32)19-8-22-6-9-23(10-7-22)24-13-17-27(18-14-24)36-20-4-5-30(34)35-2/h6-19,21,33H,3-5,20H2,1-2H3/b19-8+. The normalized spacial score (nSPS) is 11.1. The molecule has 0 fully saturated rings. The summed E-state index contributed by atoms with van der Waals surface area (Å²) in [5.74, 6) is 1.68. The number of benzene rings is 3. The Balaban J connectivity index is 1.38. The number of carbonyl (C=O) groups excluding carboxylic acids is 1. The Morgan fingerprint density at radius 1 is 0.917 bits per heavy atom. The van der Waals surface area contributed by atoms with Crippen LogP contribution in [0.3, 0.4) is 0 Å². The van der Waals surface area contributed by atoms with E-state index >= 15 is 0 Å². The minimum absolute atomic E-state index is 0.221. The molecule has 0 saturated carbocycles. The zero-order valence-corrected chi connectivity index (χ0v) is 20.6. The van der Waals surface area contributed by atoms with Gasteiger partial charge in [0.25, 0.3) is 0 Å². The number of ether oxygens (including phenoxy) is 2. The van der Waals surface area contributed by atoms with Crippen LogP contribution in [0.2, 0.25) is 0 Å². The molecule has 0 radical (unpaired) electrons. The molecule has 0 aliphatic rings. The SMILES string of the molecule is CCn1cc(-c2ccc(O)cc2)nc1/C=C/c1ccc(-c2ccc(OCCCC(=O)OC)cc2)cc1. The van der Waals surface area contributed by atoms with Crippen molar-refractivity contribution in [2.75, 3.05) is 13.7 Å². The molecule has 6 heteroatoms. The average molecular weight is 483 g/mol. The lowest BCUT2D eigenvalue weighted by atomic mass is 10.0. The first-order valence-corrected chi connectivity index (χ1v) is 12.0. The molecule has 0 atom stereocenters. The predicted molar refractivity (Wildman–Crippen MR) is 143 cm³/mol. The number of imidazole rings is 1. The quantitative estimate of drug-likeness (QED) is 0.208. The molecule has 1 N–H and O–H groups in total. The van der Waals surface area contributed by atoms with Crippen LogP contribution in [0.15, 0.2) is 79.0 Å². The van der Waals surface area contributed by atoms with Crippen LogP contribution >= 0.6 is 0 Å². The lowest BCUT2D eigenvalue weighted by Crippen LogP contribution is -2.04. The number of aromatic hydroxyl groups is 1. The minimum atomic E-state index is -0.221. The molecule has 0 aliphatic heterocycles. The number of methoxy groups -OCH3 is 1. The predicted octanol–water partition coefficient (Wildman–Crippen LogP) is 6.45. The summed E-state index contributed by atoms with van der Waals surface area (Å²) < 4.78 is 12.4. The largest absolute Gasteiger partial charge is 0.508 e. The number of carbonyl (C=O) groups is 1. The van der Waals surface area contributed by atoms with Crippen LogP contribution in [-0.4, -0.2) is 34.3 Å². The Hall–Kier alpha value is -4.32. The van der Waals surface area contributed by atoms with Gasteiger partial charge in [0.15, 0.2) is 0 Å². The lowest BCUT2D eigenvalue weighted by molar-refractivity contribution is -0.140. The fourth-order valence-corrected chi connectivity index (χ4v) is 3.80. The minimum Gasteiger partial charge on any atom is -0.508 e. The number of hydrogen-bond donors (Lipinski definition) is 1. The van der Waals surface area contributed by atoms with Crippen LogP contribution in [0.4, 0.5) is 0 Å². The van der Waals surface area contributed by atoms with Crippen molar-refractivity contribution in [3.05, 3.63) is 90.4 Å². The summed E-state index contributed by atoms with van der Waals surface area (Å²) in [5.41, 5.74) is 5.15. The van der Waals surface area contributed by atoms with Crippen molar-refractivity contribution in [2.45, 2.75) is 26.3 Å². The summed E-state index contributed by atoms with van der Waals surface area (Å²) in [6, 6.07) is 23.4. The zero-order valence-electron chi connectivity index (χ0n) is 20.6. The van der Waals surface area contributed by atoms with Gasteiger partial charge in [-0.15, -0.1) is 0 Å². The molecular formula is C30H30N2O4. The van der Waals surface area contributed by atoms with Crippen molar-refractivity contribution in [3.63, 3.8) is 0 Å². The highest BCUT2D eigenvalue weighted by molar-refractivity contribution is 5.72. The molecule has 1 aromatic heterocycles. The van der Waals surface area contributed by atoms with Gasteiger partial charge < -0.3 is 19.1 Å². The molecule has 6 nitrogen and oxygen atoms in total. The van der Waals surface area contributed by atoms with Crippen molar-refractivity contribution in [1.29, 1.82) is 0 Å². The average Bonchev–Trinajstić information content (AvgIpc) is 3.34. The van der Waals surface area contributed by atoms with Gasteiger partial charge in [-0.25, -0.2) is 4.98 Å². The fraction of sp³-hybridized carbons (Fsp3) is 0.200. The Morgan fingerprint density at radius 2 is 1.56 bits per heavy atom. The van der Waals surface area contributed by atoms with Gasteiger partial charge >= 0.3 is 5.97 Å². The Bertz CT molecular complexity index is 1300. The highest BCUT2D eigenvalue weighted by Crippen LogP contribution is 2.25. The maximum atomic E-state index is 11.2. The van der Waals surface area contributed by atoms with E-state index in [1.807, 2.05) is 48.7 Å². The van der Waals surface area contributed by atoms with E-state index in [2.05, 4.69) is 46.6 Å². The van der Waals surface area contributed by atoms with Gasteiger partial charge in [-0.1, -0.05) is 42.5 Å². The number of nitrogens with zero attached hydrogens (tertiary/aromatic N) is 2. The third-order valence-corrected chi connectivity index (χ3v) is 5.86. The molecule has 36 heavy (non-hydrogen) atoms. The van der Waals surface area contributed by atoms with Crippen LogP contribution in [0.25, 0.3) is 34.5 Å². The van der Waals surface area contributed by atoms with Crippen LogP contribution < -0.4 is 4.74 Å². The van der Waals surface area contributed by atoms with Gasteiger partial charge in [-0.2, -0.15) is 0 Å². The number of phenolic OH excluding ortho intramolecular Hbond substituents is 1. The summed E-state index contributed by atoms with van der Waals surface area (Å²) in [4.78, 5) is 15.9.